The second kappa shape index (κ2) is 24.9. The van der Waals surface area contributed by atoms with Crippen molar-refractivity contribution in [2.24, 2.45) is 0 Å². The average Bonchev–Trinajstić information content (AvgIpc) is 0. The summed E-state index contributed by atoms with van der Waals surface area (Å²) in [7, 11) is 0. The van der Waals surface area contributed by atoms with Crippen LogP contribution in [-0.2, 0) is 0 Å². The van der Waals surface area contributed by atoms with E-state index in [9.17, 15) is 0 Å². The molecule has 0 aromatic carbocycles. The van der Waals surface area contributed by atoms with Gasteiger partial charge in [0.15, 0.2) is 0 Å². The Morgan fingerprint density at radius 3 is 0.800 bits per heavy atom. The van der Waals surface area contributed by atoms with E-state index in [0.29, 0.717) is 0 Å². The van der Waals surface area contributed by atoms with Gasteiger partial charge < -0.3 is 17.9 Å². The topological polar surface area (TPSA) is 30.0 Å². The van der Waals surface area contributed by atoms with E-state index in [1.54, 1.807) is 0 Å². The fourth-order valence-corrected chi connectivity index (χ4v) is 0. The molecular formula is H2Cl2K2O. The zero-order valence-electron chi connectivity index (χ0n) is 3.23. The molecule has 0 saturated heterocycles. The van der Waals surface area contributed by atoms with Crippen LogP contribution in [-0.4, -0.2) is 5.48 Å². The minimum atomic E-state index is 0. The van der Waals surface area contributed by atoms with E-state index < -0.39 is 0 Å². The molecule has 0 unspecified atom stereocenters. The third-order valence-electron chi connectivity index (χ3n) is 0. The first kappa shape index (κ1) is 37.0. The Labute approximate surface area is 129 Å². The summed E-state index contributed by atoms with van der Waals surface area (Å²) in [5.41, 5.74) is 0. The third kappa shape index (κ3) is 18.2. The minimum absolute atomic E-state index is 0. The second-order valence-corrected chi connectivity index (χ2v) is 0. The van der Waals surface area contributed by atoms with E-state index in [1.165, 1.54) is 0 Å². The van der Waals surface area contributed by atoms with E-state index in [2.05, 4.69) is 0 Å². The summed E-state index contributed by atoms with van der Waals surface area (Å²) in [6.07, 6.45) is 0. The number of halogens is 2. The molecule has 0 aromatic rings. The Morgan fingerprint density at radius 1 is 0.800 bits per heavy atom. The van der Waals surface area contributed by atoms with E-state index in [1.807, 2.05) is 0 Å². The maximum absolute atomic E-state index is 0. The molecule has 1 N–H and O–H groups in total. The molecule has 0 aliphatic heterocycles. The molecular weight excluding hydrogens is 165 g/mol. The van der Waals surface area contributed by atoms with Crippen LogP contribution < -0.4 is 115 Å². The van der Waals surface area contributed by atoms with Gasteiger partial charge in [-0.25, -0.2) is 0 Å². The van der Waals surface area contributed by atoms with Gasteiger partial charge in [0.05, 0.1) is 0 Å². The van der Waals surface area contributed by atoms with Gasteiger partial charge >= 0.3 is 103 Å². The molecule has 0 bridgehead atoms. The number of hydrogen-bond donors (Lipinski definition) is 0. The second-order valence-electron chi connectivity index (χ2n) is 0. The minimum Gasteiger partial charge on any atom is -1.00 e. The summed E-state index contributed by atoms with van der Waals surface area (Å²) in [5.74, 6) is 0. The van der Waals surface area contributed by atoms with Crippen LogP contribution in [0, 0.1) is 0 Å². The van der Waals surface area contributed by atoms with Crippen molar-refractivity contribution in [2.75, 3.05) is 0 Å². The molecule has 0 heterocycles. The Kier molecular flexibility index (Phi) is 185. The largest absolute Gasteiger partial charge is 1.00 e. The summed E-state index contributed by atoms with van der Waals surface area (Å²) < 4.78 is 0. The van der Waals surface area contributed by atoms with Crippen LogP contribution in [0.2, 0.25) is 0 Å². The molecule has 0 aliphatic rings. The van der Waals surface area contributed by atoms with Gasteiger partial charge in [0, 0.05) is 0 Å². The van der Waals surface area contributed by atoms with Crippen LogP contribution >= 0.6 is 12.4 Å². The fraction of sp³-hybridized carbons (Fsp3) is 0. The monoisotopic (exact) mass is 166 g/mol. The molecule has 1 nitrogen and oxygen atoms in total. The average molecular weight is 167 g/mol. The number of rotatable bonds is 0. The Bertz CT molecular complexity index is 7.61. The van der Waals surface area contributed by atoms with Crippen molar-refractivity contribution < 1.29 is 121 Å². The summed E-state index contributed by atoms with van der Waals surface area (Å²) in [6, 6.07) is 0. The van der Waals surface area contributed by atoms with Crippen molar-refractivity contribution in [2.45, 2.75) is 0 Å². The van der Waals surface area contributed by atoms with E-state index in [0.717, 1.165) is 0 Å². The van der Waals surface area contributed by atoms with Gasteiger partial charge in [-0.3, -0.25) is 0 Å². The molecule has 5 heavy (non-hydrogen) atoms. The Morgan fingerprint density at radius 2 is 0.800 bits per heavy atom. The summed E-state index contributed by atoms with van der Waals surface area (Å²) in [4.78, 5) is 0. The zero-order chi connectivity index (χ0) is 0. The normalized spacial score (nSPS) is 0. The van der Waals surface area contributed by atoms with E-state index >= 15 is 0 Å². The SMILES string of the molecule is Cl.[Cl-].[K+].[K+].[OH-]. The third-order valence-corrected chi connectivity index (χ3v) is 0. The van der Waals surface area contributed by atoms with Crippen molar-refractivity contribution in [1.29, 1.82) is 0 Å². The van der Waals surface area contributed by atoms with Crippen molar-refractivity contribution in [3.05, 3.63) is 0 Å². The van der Waals surface area contributed by atoms with Crippen molar-refractivity contribution >= 4 is 12.4 Å². The standard InChI is InChI=1S/2ClH.2K.H2O/h2*1H;;;1H2/q;;2*+1;/p-2. The first-order valence-electron chi connectivity index (χ1n) is 0. The van der Waals surface area contributed by atoms with E-state index in [4.69, 9.17) is 0 Å². The van der Waals surface area contributed by atoms with Crippen LogP contribution in [0.3, 0.4) is 0 Å². The first-order valence-corrected chi connectivity index (χ1v) is 0. The Hall–Kier alpha value is 3.81. The van der Waals surface area contributed by atoms with E-state index in [-0.39, 0.29) is 133 Å². The predicted octanol–water partition coefficient (Wildman–Crippen LogP) is -8.74. The first-order chi connectivity index (χ1) is 0. The molecule has 5 heteroatoms. The smallest absolute Gasteiger partial charge is 1.00 e. The van der Waals surface area contributed by atoms with Crippen LogP contribution in [0.4, 0.5) is 0 Å². The molecule has 0 aliphatic carbocycles. The van der Waals surface area contributed by atoms with Gasteiger partial charge in [0.1, 0.15) is 0 Å². The van der Waals surface area contributed by atoms with Crippen LogP contribution in [0.25, 0.3) is 0 Å². The van der Waals surface area contributed by atoms with Crippen LogP contribution in [0.5, 0.6) is 0 Å². The summed E-state index contributed by atoms with van der Waals surface area (Å²) in [6.45, 7) is 0. The predicted molar refractivity (Wildman–Crippen MR) is 9.18 cm³/mol. The van der Waals surface area contributed by atoms with Crippen molar-refractivity contribution in [3.8, 4) is 0 Å². The van der Waals surface area contributed by atoms with Gasteiger partial charge in [0.2, 0.25) is 0 Å². The molecule has 24 valence electrons. The molecule has 0 aromatic heterocycles. The Balaban J connectivity index is 0. The maximum atomic E-state index is 0. The van der Waals surface area contributed by atoms with Gasteiger partial charge in [-0.15, -0.1) is 12.4 Å². The van der Waals surface area contributed by atoms with Crippen LogP contribution in [0.15, 0.2) is 0 Å². The molecule has 0 amide bonds. The van der Waals surface area contributed by atoms with Gasteiger partial charge in [-0.1, -0.05) is 0 Å². The number of hydrogen-bond acceptors (Lipinski definition) is 1. The summed E-state index contributed by atoms with van der Waals surface area (Å²) in [5, 5.41) is 0. The van der Waals surface area contributed by atoms with Gasteiger partial charge in [-0.2, -0.15) is 0 Å². The molecule has 0 atom stereocenters. The zero-order valence-corrected chi connectivity index (χ0v) is 11.1. The van der Waals surface area contributed by atoms with Crippen molar-refractivity contribution in [3.63, 3.8) is 0 Å². The maximum Gasteiger partial charge on any atom is 1.00 e. The van der Waals surface area contributed by atoms with Gasteiger partial charge in [-0.05, 0) is 0 Å². The molecule has 0 radical (unpaired) electrons. The molecule has 0 fully saturated rings. The summed E-state index contributed by atoms with van der Waals surface area (Å²) >= 11 is 0. The van der Waals surface area contributed by atoms with Crippen molar-refractivity contribution in [1.82, 2.24) is 0 Å². The van der Waals surface area contributed by atoms with Crippen LogP contribution in [0.1, 0.15) is 0 Å². The van der Waals surface area contributed by atoms with Gasteiger partial charge in [0.25, 0.3) is 0 Å². The quantitative estimate of drug-likeness (QED) is 0.329. The fourth-order valence-electron chi connectivity index (χ4n) is 0. The molecule has 0 saturated carbocycles. The molecule has 0 spiro atoms. The molecule has 0 rings (SSSR count).